The Morgan fingerprint density at radius 1 is 1.18 bits per heavy atom. The lowest BCUT2D eigenvalue weighted by Gasteiger charge is -2.18. The third-order valence-electron chi connectivity index (χ3n) is 3.65. The van der Waals surface area contributed by atoms with Gasteiger partial charge in [-0.25, -0.2) is 0 Å². The van der Waals surface area contributed by atoms with E-state index >= 15 is 0 Å². The largest absolute Gasteiger partial charge is 0.504 e. The van der Waals surface area contributed by atoms with E-state index in [0.29, 0.717) is 0 Å². The number of nitro benzene ring substituents is 1. The highest BCUT2D eigenvalue weighted by Gasteiger charge is 2.22. The lowest BCUT2D eigenvalue weighted by Crippen LogP contribution is -2.30. The van der Waals surface area contributed by atoms with Gasteiger partial charge in [-0.3, -0.25) is 19.8 Å². The van der Waals surface area contributed by atoms with Crippen molar-refractivity contribution in [2.24, 2.45) is 0 Å². The number of nitro groups is 1. The molecular weight excluding hydrogens is 312 g/mol. The lowest BCUT2D eigenvalue weighted by atomic mass is 10.1. The maximum absolute atomic E-state index is 12.2. The Kier molecular flexibility index (Phi) is 6.58. The van der Waals surface area contributed by atoms with Crippen LogP contribution in [-0.2, 0) is 0 Å². The number of carbonyl (C=O) groups is 1. The van der Waals surface area contributed by atoms with Gasteiger partial charge in [-0.15, -0.1) is 12.4 Å². The van der Waals surface area contributed by atoms with Crippen molar-refractivity contribution < 1.29 is 19.9 Å². The van der Waals surface area contributed by atoms with Gasteiger partial charge >= 0.3 is 5.69 Å². The second kappa shape index (κ2) is 7.95. The number of phenols is 2. The summed E-state index contributed by atoms with van der Waals surface area (Å²) in [5, 5.41) is 29.7. The van der Waals surface area contributed by atoms with Crippen LogP contribution >= 0.6 is 12.4 Å². The molecule has 7 nitrogen and oxygen atoms in total. The first kappa shape index (κ1) is 18.2. The molecule has 2 rings (SSSR count). The monoisotopic (exact) mass is 330 g/mol. The summed E-state index contributed by atoms with van der Waals surface area (Å²) in [5.41, 5.74) is -0.615. The Bertz CT molecular complexity index is 556. The zero-order valence-corrected chi connectivity index (χ0v) is 12.8. The Balaban J connectivity index is 0.00000242. The number of carbonyl (C=O) groups excluding carboxylic acids is 1. The van der Waals surface area contributed by atoms with Crippen LogP contribution in [0, 0.1) is 10.1 Å². The van der Waals surface area contributed by atoms with Crippen molar-refractivity contribution in [1.82, 2.24) is 4.90 Å². The molecule has 0 spiro atoms. The SMILES string of the molecule is Cl.O=C(CN1CCCCCC1)c1cc(O)c(O)c([N+](=O)[O-])c1. The molecule has 1 fully saturated rings. The van der Waals surface area contributed by atoms with Crippen LogP contribution in [0.3, 0.4) is 0 Å². The second-order valence-corrected chi connectivity index (χ2v) is 5.23. The molecule has 0 bridgehead atoms. The molecular formula is C14H19ClN2O5. The summed E-state index contributed by atoms with van der Waals surface area (Å²) < 4.78 is 0. The Morgan fingerprint density at radius 3 is 2.32 bits per heavy atom. The number of phenolic OH excluding ortho intramolecular Hbond substituents is 2. The first-order chi connectivity index (χ1) is 9.99. The molecule has 1 aromatic carbocycles. The number of aromatic hydroxyl groups is 2. The van der Waals surface area contributed by atoms with E-state index in [4.69, 9.17) is 0 Å². The minimum atomic E-state index is -0.822. The summed E-state index contributed by atoms with van der Waals surface area (Å²) in [5.74, 6) is -1.76. The molecule has 0 radical (unpaired) electrons. The minimum Gasteiger partial charge on any atom is -0.504 e. The van der Waals surface area contributed by atoms with Crippen molar-refractivity contribution in [3.63, 3.8) is 0 Å². The smallest absolute Gasteiger partial charge is 0.315 e. The van der Waals surface area contributed by atoms with E-state index in [2.05, 4.69) is 0 Å². The average Bonchev–Trinajstić information content (AvgIpc) is 2.69. The molecule has 0 aliphatic carbocycles. The summed E-state index contributed by atoms with van der Waals surface area (Å²) >= 11 is 0. The average molecular weight is 331 g/mol. The zero-order chi connectivity index (χ0) is 15.4. The van der Waals surface area contributed by atoms with Gasteiger partial charge in [0, 0.05) is 11.6 Å². The van der Waals surface area contributed by atoms with Crippen LogP contribution in [0.15, 0.2) is 12.1 Å². The number of benzene rings is 1. The van der Waals surface area contributed by atoms with Crippen LogP contribution in [0.5, 0.6) is 11.5 Å². The minimum absolute atomic E-state index is 0. The first-order valence-corrected chi connectivity index (χ1v) is 6.95. The fourth-order valence-electron chi connectivity index (χ4n) is 2.49. The van der Waals surface area contributed by atoms with E-state index in [1.54, 1.807) is 0 Å². The fraction of sp³-hybridized carbons (Fsp3) is 0.500. The van der Waals surface area contributed by atoms with Gasteiger partial charge in [0.25, 0.3) is 0 Å². The molecule has 1 aliphatic heterocycles. The van der Waals surface area contributed by atoms with E-state index in [1.807, 2.05) is 4.90 Å². The summed E-state index contributed by atoms with van der Waals surface area (Å²) in [4.78, 5) is 24.2. The summed E-state index contributed by atoms with van der Waals surface area (Å²) in [6.07, 6.45) is 4.37. The third kappa shape index (κ3) is 4.32. The maximum Gasteiger partial charge on any atom is 0.315 e. The highest BCUT2D eigenvalue weighted by atomic mass is 35.5. The predicted molar refractivity (Wildman–Crippen MR) is 82.9 cm³/mol. The summed E-state index contributed by atoms with van der Waals surface area (Å²) in [6, 6.07) is 2.08. The lowest BCUT2D eigenvalue weighted by molar-refractivity contribution is -0.386. The van der Waals surface area contributed by atoms with Crippen LogP contribution < -0.4 is 0 Å². The Labute approximate surface area is 134 Å². The zero-order valence-electron chi connectivity index (χ0n) is 12.0. The summed E-state index contributed by atoms with van der Waals surface area (Å²) in [6.45, 7) is 1.83. The van der Waals surface area contributed by atoms with Crippen molar-refractivity contribution in [2.45, 2.75) is 25.7 Å². The van der Waals surface area contributed by atoms with Gasteiger partial charge in [-0.2, -0.15) is 0 Å². The van der Waals surface area contributed by atoms with E-state index in [1.165, 1.54) is 0 Å². The molecule has 2 N–H and O–H groups in total. The van der Waals surface area contributed by atoms with Gasteiger partial charge in [-0.05, 0) is 32.0 Å². The number of likely N-dealkylation sites (tertiary alicyclic amines) is 1. The first-order valence-electron chi connectivity index (χ1n) is 6.95. The van der Waals surface area contributed by atoms with Gasteiger partial charge in [0.1, 0.15) is 0 Å². The third-order valence-corrected chi connectivity index (χ3v) is 3.65. The maximum atomic E-state index is 12.2. The molecule has 0 saturated carbocycles. The van der Waals surface area contributed by atoms with Crippen LogP contribution in [0.2, 0.25) is 0 Å². The van der Waals surface area contributed by atoms with Crippen molar-refractivity contribution >= 4 is 23.9 Å². The molecule has 1 heterocycles. The molecule has 0 unspecified atom stereocenters. The second-order valence-electron chi connectivity index (χ2n) is 5.23. The van der Waals surface area contributed by atoms with E-state index in [0.717, 1.165) is 50.9 Å². The van der Waals surface area contributed by atoms with Crippen LogP contribution in [-0.4, -0.2) is 45.5 Å². The molecule has 22 heavy (non-hydrogen) atoms. The normalized spacial score (nSPS) is 15.6. The van der Waals surface area contributed by atoms with Crippen LogP contribution in [0.4, 0.5) is 5.69 Å². The quantitative estimate of drug-likeness (QED) is 0.380. The number of halogens is 1. The Hall–Kier alpha value is -1.86. The van der Waals surface area contributed by atoms with Gasteiger partial charge in [0.2, 0.25) is 5.75 Å². The van der Waals surface area contributed by atoms with Crippen molar-refractivity contribution in [1.29, 1.82) is 0 Å². The predicted octanol–water partition coefficient (Wildman–Crippen LogP) is 2.49. The number of ketones is 1. The van der Waals surface area contributed by atoms with Gasteiger partial charge in [-0.1, -0.05) is 12.8 Å². The molecule has 1 aliphatic rings. The summed E-state index contributed by atoms with van der Waals surface area (Å²) in [7, 11) is 0. The number of rotatable bonds is 4. The van der Waals surface area contributed by atoms with E-state index < -0.39 is 22.1 Å². The van der Waals surface area contributed by atoms with Crippen molar-refractivity contribution in [3.05, 3.63) is 27.8 Å². The van der Waals surface area contributed by atoms with Crippen molar-refractivity contribution in [3.8, 4) is 11.5 Å². The Morgan fingerprint density at radius 2 is 1.77 bits per heavy atom. The number of nitrogens with zero attached hydrogens (tertiary/aromatic N) is 2. The highest BCUT2D eigenvalue weighted by molar-refractivity contribution is 5.99. The van der Waals surface area contributed by atoms with Gasteiger partial charge in [0.05, 0.1) is 11.5 Å². The van der Waals surface area contributed by atoms with Gasteiger partial charge in [0.15, 0.2) is 11.5 Å². The van der Waals surface area contributed by atoms with Gasteiger partial charge < -0.3 is 10.2 Å². The molecule has 0 aromatic heterocycles. The van der Waals surface area contributed by atoms with Crippen LogP contribution in [0.1, 0.15) is 36.0 Å². The molecule has 122 valence electrons. The van der Waals surface area contributed by atoms with E-state index in [-0.39, 0.29) is 30.3 Å². The molecule has 0 atom stereocenters. The number of hydrogen-bond acceptors (Lipinski definition) is 6. The standard InChI is InChI=1S/C14H18N2O5.ClH/c17-12-8-10(7-11(14(12)19)16(20)21)13(18)9-15-5-3-1-2-4-6-15;/h7-8,17,19H,1-6,9H2;1H. The molecule has 0 amide bonds. The van der Waals surface area contributed by atoms with E-state index in [9.17, 15) is 25.1 Å². The number of Topliss-reactive ketones (excluding diaryl/α,β-unsaturated/α-hetero) is 1. The van der Waals surface area contributed by atoms with Crippen molar-refractivity contribution in [2.75, 3.05) is 19.6 Å². The molecule has 1 aromatic rings. The molecule has 1 saturated heterocycles. The highest BCUT2D eigenvalue weighted by Crippen LogP contribution is 2.36. The topological polar surface area (TPSA) is 104 Å². The van der Waals surface area contributed by atoms with Crippen LogP contribution in [0.25, 0.3) is 0 Å². The number of hydrogen-bond donors (Lipinski definition) is 2. The molecule has 8 heteroatoms. The fourth-order valence-corrected chi connectivity index (χ4v) is 2.49.